The molecule has 1 heterocycles. The molecule has 1 aliphatic heterocycles. The van der Waals surface area contributed by atoms with E-state index in [2.05, 4.69) is 52.5 Å². The molecule has 1 aliphatic carbocycles. The van der Waals surface area contributed by atoms with Crippen molar-refractivity contribution >= 4 is 41.1 Å². The monoisotopic (exact) mass is 864 g/mol. The number of rotatable bonds is 16. The fourth-order valence-corrected chi connectivity index (χ4v) is 7.68. The van der Waals surface area contributed by atoms with Crippen LogP contribution in [0.1, 0.15) is 98.8 Å². The molecule has 3 aromatic carbocycles. The molecule has 3 aromatic rings. The number of likely N-dealkylation sites (N-methyl/N-ethyl adjacent to an activating group) is 1. The number of hydrogen-bond donors (Lipinski definition) is 8. The molecular formula is C48H60N6O9. The van der Waals surface area contributed by atoms with Gasteiger partial charge < -0.3 is 47.2 Å². The molecule has 1 unspecified atom stereocenters. The number of phenolic OH excluding ortho intramolecular Hbond substituents is 1. The van der Waals surface area contributed by atoms with Gasteiger partial charge in [0.2, 0.25) is 23.6 Å². The summed E-state index contributed by atoms with van der Waals surface area (Å²) in [5.41, 5.74) is 10.6. The number of aliphatic carboxylic acids is 1. The smallest absolute Gasteiger partial charge is 0.326 e. The van der Waals surface area contributed by atoms with E-state index in [1.165, 1.54) is 37.7 Å². The maximum atomic E-state index is 14.5. The number of carbonyl (C=O) groups is 6. The van der Waals surface area contributed by atoms with Crippen LogP contribution in [0.15, 0.2) is 84.5 Å². The molecule has 4 bridgehead atoms. The van der Waals surface area contributed by atoms with Crippen LogP contribution in [0, 0.1) is 5.92 Å². The van der Waals surface area contributed by atoms with E-state index in [-0.39, 0.29) is 54.2 Å². The highest BCUT2D eigenvalue weighted by atomic mass is 16.4. The summed E-state index contributed by atoms with van der Waals surface area (Å²) in [5.74, 6) is -5.42. The number of unbranched alkanes of at least 4 members (excludes halogenated alkanes) is 2. The van der Waals surface area contributed by atoms with Gasteiger partial charge in [-0.1, -0.05) is 74.9 Å². The van der Waals surface area contributed by atoms with E-state index in [1.807, 2.05) is 12.1 Å². The summed E-state index contributed by atoms with van der Waals surface area (Å²) in [5, 5.41) is 42.7. The van der Waals surface area contributed by atoms with Crippen LogP contribution in [0.25, 0.3) is 16.7 Å². The summed E-state index contributed by atoms with van der Waals surface area (Å²) in [6.07, 6.45) is 6.54. The van der Waals surface area contributed by atoms with Gasteiger partial charge in [-0.05, 0) is 110 Å². The first kappa shape index (κ1) is 47.7. The Kier molecular flexibility index (Phi) is 16.8. The molecule has 0 saturated carbocycles. The highest BCUT2D eigenvalue weighted by molar-refractivity contribution is 5.97. The minimum atomic E-state index is -1.43. The largest absolute Gasteiger partial charge is 0.507 e. The summed E-state index contributed by atoms with van der Waals surface area (Å²) in [6, 6.07) is 14.6. The number of phenols is 1. The number of aromatic hydroxyl groups is 1. The molecule has 336 valence electrons. The quantitative estimate of drug-likeness (QED) is 0.0958. The van der Waals surface area contributed by atoms with Gasteiger partial charge in [-0.15, -0.1) is 0 Å². The Morgan fingerprint density at radius 3 is 2.27 bits per heavy atom. The van der Waals surface area contributed by atoms with Crippen molar-refractivity contribution in [3.05, 3.63) is 107 Å². The molecule has 5 amide bonds. The van der Waals surface area contributed by atoms with Gasteiger partial charge >= 0.3 is 5.97 Å². The number of allylic oxidation sites excluding steroid dienone is 1. The Hall–Kier alpha value is -6.32. The first-order valence-electron chi connectivity index (χ1n) is 21.6. The van der Waals surface area contributed by atoms with Gasteiger partial charge in [0, 0.05) is 31.1 Å². The average molecular weight is 865 g/mol. The third kappa shape index (κ3) is 12.4. The van der Waals surface area contributed by atoms with Crippen molar-refractivity contribution in [2.24, 2.45) is 11.7 Å². The normalized spacial score (nSPS) is 19.8. The predicted molar refractivity (Wildman–Crippen MR) is 239 cm³/mol. The van der Waals surface area contributed by atoms with Gasteiger partial charge in [-0.3, -0.25) is 24.0 Å². The molecule has 0 aromatic heterocycles. The van der Waals surface area contributed by atoms with E-state index >= 15 is 0 Å². The molecule has 5 rings (SSSR count). The van der Waals surface area contributed by atoms with Crippen molar-refractivity contribution in [1.82, 2.24) is 26.2 Å². The molecule has 0 saturated heterocycles. The average Bonchev–Trinajstić information content (AvgIpc) is 3.27. The predicted octanol–water partition coefficient (Wildman–Crippen LogP) is 4.13. The molecule has 15 heteroatoms. The number of nitrogens with zero attached hydrogens (tertiary/aromatic N) is 1. The van der Waals surface area contributed by atoms with Crippen LogP contribution < -0.4 is 27.0 Å². The molecule has 2 aliphatic rings. The first-order chi connectivity index (χ1) is 30.1. The number of benzene rings is 3. The first-order valence-corrected chi connectivity index (χ1v) is 21.6. The van der Waals surface area contributed by atoms with Crippen molar-refractivity contribution in [2.45, 2.75) is 102 Å². The zero-order chi connectivity index (χ0) is 45.8. The fraction of sp³-hybridized carbons (Fsp3) is 0.417. The molecule has 0 fully saturated rings. The Morgan fingerprint density at radius 2 is 1.62 bits per heavy atom. The number of hydrogen-bond acceptors (Lipinski definition) is 9. The van der Waals surface area contributed by atoms with Crippen LogP contribution in [0.4, 0.5) is 0 Å². The zero-order valence-electron chi connectivity index (χ0n) is 36.4. The maximum Gasteiger partial charge on any atom is 0.326 e. The summed E-state index contributed by atoms with van der Waals surface area (Å²) < 4.78 is 0. The second kappa shape index (κ2) is 22.2. The molecule has 9 N–H and O–H groups in total. The lowest BCUT2D eigenvalue weighted by Gasteiger charge is -2.33. The van der Waals surface area contributed by atoms with Gasteiger partial charge in [0.25, 0.3) is 5.91 Å². The van der Waals surface area contributed by atoms with Crippen molar-refractivity contribution in [2.75, 3.05) is 20.1 Å². The van der Waals surface area contributed by atoms with Gasteiger partial charge in [-0.2, -0.15) is 0 Å². The summed E-state index contributed by atoms with van der Waals surface area (Å²) >= 11 is 0. The van der Waals surface area contributed by atoms with Crippen LogP contribution in [-0.4, -0.2) is 100 Å². The van der Waals surface area contributed by atoms with E-state index in [9.17, 15) is 44.1 Å². The number of fused-ring (bicyclic) bond motifs is 4. The lowest BCUT2D eigenvalue weighted by molar-refractivity contribution is -0.144. The van der Waals surface area contributed by atoms with E-state index in [0.717, 1.165) is 35.3 Å². The van der Waals surface area contributed by atoms with Crippen LogP contribution in [0.2, 0.25) is 0 Å². The maximum absolute atomic E-state index is 14.5. The van der Waals surface area contributed by atoms with Crippen molar-refractivity contribution in [3.63, 3.8) is 0 Å². The van der Waals surface area contributed by atoms with Crippen LogP contribution in [0.3, 0.4) is 0 Å². The van der Waals surface area contributed by atoms with Crippen molar-refractivity contribution in [1.29, 1.82) is 0 Å². The fourth-order valence-electron chi connectivity index (χ4n) is 7.68. The standard InChI is InChI=1S/C48H60N6O9/c1-5-6-9-30-11-14-32(15-12-30)33-16-18-34(19-17-33)45(59)50-27-28(2)43(57)52-38(10-7-8-23-49)47(61)54(4)42-35-20-22-41(56)37(26-35)36-24-31(13-21-40(36)55)25-39(48(62)63)53-44(58)29(3)51-46(42)60/h11-20,22,24,26,28-29,38-40,42,55-56H,5-10,21,23,25,27,49H2,1-4H3,(H,50,59)(H,51,60)(H,52,57)(H,53,58)(H,62,63)/t28-,29+,38+,39+,40?,42+/m1/s1. The van der Waals surface area contributed by atoms with Gasteiger partial charge in [0.15, 0.2) is 0 Å². The summed E-state index contributed by atoms with van der Waals surface area (Å²) in [6.45, 7) is 5.47. The highest BCUT2D eigenvalue weighted by Gasteiger charge is 2.36. The number of nitrogens with one attached hydrogen (secondary N) is 4. The molecule has 0 radical (unpaired) electrons. The van der Waals surface area contributed by atoms with Gasteiger partial charge in [0.05, 0.1) is 12.0 Å². The summed E-state index contributed by atoms with van der Waals surface area (Å²) in [4.78, 5) is 82.1. The van der Waals surface area contributed by atoms with Gasteiger partial charge in [0.1, 0.15) is 29.9 Å². The second-order valence-corrected chi connectivity index (χ2v) is 16.4. The number of aliphatic hydroxyl groups excluding tert-OH is 1. The van der Waals surface area contributed by atoms with E-state index in [0.29, 0.717) is 30.5 Å². The molecule has 15 nitrogen and oxygen atoms in total. The number of amides is 5. The lowest BCUT2D eigenvalue weighted by atomic mass is 9.87. The highest BCUT2D eigenvalue weighted by Crippen LogP contribution is 2.36. The third-order valence-electron chi connectivity index (χ3n) is 11.6. The number of nitrogens with two attached hydrogens (primary N) is 1. The minimum Gasteiger partial charge on any atom is -0.507 e. The van der Waals surface area contributed by atoms with Crippen molar-refractivity contribution < 1.29 is 44.1 Å². The molecular weight excluding hydrogens is 805 g/mol. The Bertz CT molecular complexity index is 2200. The molecule has 63 heavy (non-hydrogen) atoms. The minimum absolute atomic E-state index is 0.0339. The Labute approximate surface area is 368 Å². The van der Waals surface area contributed by atoms with E-state index in [1.54, 1.807) is 31.2 Å². The Morgan fingerprint density at radius 1 is 0.937 bits per heavy atom. The number of aryl methyl sites for hydroxylation is 1. The zero-order valence-corrected chi connectivity index (χ0v) is 36.4. The molecule has 0 spiro atoms. The molecule has 6 atom stereocenters. The van der Waals surface area contributed by atoms with Crippen LogP contribution >= 0.6 is 0 Å². The van der Waals surface area contributed by atoms with Gasteiger partial charge in [-0.25, -0.2) is 4.79 Å². The van der Waals surface area contributed by atoms with Crippen LogP contribution in [-0.2, 0) is 30.4 Å². The number of carboxylic acids is 1. The second-order valence-electron chi connectivity index (χ2n) is 16.4. The number of aliphatic hydroxyl groups is 1. The SMILES string of the molecule is CCCCc1ccc(-c2ccc(C(=O)NC[C@@H](C)C(=O)N[C@@H](CCCCN)C(=O)N(C)[C@@H]3C(=O)N[C@@H](C)C(=O)N[C@H](C(=O)O)CC4=CCC(O)C(=C4)c4cc3ccc4O)cc2)cc1. The van der Waals surface area contributed by atoms with Crippen LogP contribution in [0.5, 0.6) is 5.75 Å². The van der Waals surface area contributed by atoms with E-state index < -0.39 is 65.8 Å². The van der Waals surface area contributed by atoms with Crippen molar-refractivity contribution in [3.8, 4) is 16.9 Å². The topological polar surface area (TPSA) is 240 Å². The number of carboxylic acid groups (broad SMARTS) is 1. The van der Waals surface area contributed by atoms with E-state index in [4.69, 9.17) is 5.73 Å². The lowest BCUT2D eigenvalue weighted by Crippen LogP contribution is -2.55. The number of carbonyl (C=O) groups excluding carboxylic acids is 5. The Balaban J connectivity index is 1.34. The summed E-state index contributed by atoms with van der Waals surface area (Å²) in [7, 11) is 1.38. The third-order valence-corrected chi connectivity index (χ3v) is 11.6.